The third-order valence-corrected chi connectivity index (χ3v) is 12.2. The van der Waals surface area contributed by atoms with Crippen molar-refractivity contribution in [2.75, 3.05) is 38.8 Å². The molecule has 0 radical (unpaired) electrons. The standard InChI is InChI=1S/C8H9BrO2S.C8H7N3O2S.C8H11NO2S.C6H5BrO2S.C5H7NO2.C4H9NO2.C3H4N2.C3H6O.2BrH.Cu.Li.2H2O/c1-3-11-8(10)6-4-5(2)12-7(6)9;1-5-4-6(8(12)13)7(14-5)11-9-2-3-10-11;1-3-11-8(10)6-4-5(2)12-7(6)9;1-3-2-4(6(8)9)5(7)10-3;1-3-8-5(7)4-6-2;1-4(2,3)7-5-6;1-2-5-3-4-1;1-2-3-4;;;;;;/h4H,3H2,1-2H3;2-4H,1H3,(H,12,13);4H,3,9H2,1-2H3;2H,1H3,(H,8,9);3-4H2,1H3;1-3H3;1-2H,3H2;3H,2H2,1H3;2*1H;;;2*1H2/q;;;;;;;;;;+2;+1;;/p-3. The summed E-state index contributed by atoms with van der Waals surface area (Å²) in [5, 5.41) is 28.6. The number of hydrogen-bond donors (Lipinski definition) is 3. The van der Waals surface area contributed by atoms with E-state index in [0.717, 1.165) is 29.6 Å². The molecule has 5 aromatic rings. The molecule has 0 fully saturated rings. The van der Waals surface area contributed by atoms with E-state index in [2.05, 4.69) is 100 Å². The van der Waals surface area contributed by atoms with Crippen LogP contribution in [0.25, 0.3) is 9.85 Å². The van der Waals surface area contributed by atoms with Crippen LogP contribution < -0.4 is 24.6 Å². The molecule has 78 heavy (non-hydrogen) atoms. The van der Waals surface area contributed by atoms with Gasteiger partial charge in [-0.05, 0) is 125 Å². The molecule has 6 heterocycles. The van der Waals surface area contributed by atoms with Gasteiger partial charge in [0.2, 0.25) is 0 Å². The normalized spacial score (nSPS) is 9.62. The van der Waals surface area contributed by atoms with E-state index < -0.39 is 23.5 Å². The molecule has 0 bridgehead atoms. The summed E-state index contributed by atoms with van der Waals surface area (Å²) >= 11 is 19.6. The first-order valence-corrected chi connectivity index (χ1v) is 30.7. The van der Waals surface area contributed by atoms with Crippen LogP contribution in [0.1, 0.15) is 116 Å². The number of nitrogens with zero attached hydrogens (tertiary/aromatic N) is 7. The molecule has 5 aromatic heterocycles. The topological polar surface area (TPSA) is 357 Å². The number of thiophene rings is 4. The molecule has 0 atom stereocenters. The summed E-state index contributed by atoms with van der Waals surface area (Å²) < 4.78 is 15.6. The van der Waals surface area contributed by atoms with Gasteiger partial charge >= 0.3 is 94.8 Å². The Bertz CT molecular complexity index is 2520. The molecule has 0 spiro atoms. The summed E-state index contributed by atoms with van der Waals surface area (Å²) in [5.74, 6) is -2.87. The van der Waals surface area contributed by atoms with Crippen LogP contribution in [-0.2, 0) is 40.0 Å². The third-order valence-electron chi connectivity index (χ3n) is 6.82. The van der Waals surface area contributed by atoms with Gasteiger partial charge in [0.25, 0.3) is 0 Å². The van der Waals surface area contributed by atoms with Gasteiger partial charge in [-0.15, -0.1) is 55.1 Å². The molecule has 0 saturated carbocycles. The van der Waals surface area contributed by atoms with Gasteiger partial charge in [-0.3, -0.25) is 9.98 Å². The minimum atomic E-state index is -0.957. The minimum absolute atomic E-state index is 0. The van der Waals surface area contributed by atoms with Crippen LogP contribution in [0, 0.1) is 39.2 Å². The van der Waals surface area contributed by atoms with Crippen molar-refractivity contribution >= 4 is 159 Å². The molecule has 0 unspecified atom stereocenters. The number of hydrogen-bond acceptors (Lipinski definition) is 22. The second kappa shape index (κ2) is 51.1. The van der Waals surface area contributed by atoms with E-state index in [0.29, 0.717) is 63.4 Å². The Morgan fingerprint density at radius 3 is 1.44 bits per heavy atom. The Labute approximate surface area is 517 Å². The molecule has 0 aromatic carbocycles. The zero-order chi connectivity index (χ0) is 58.1. The SMILES string of the molecule is C1=NCN=C1.CC(C)(C)ON=O.CCC=O.CCOC(=O)c1cc(C)sc1Br.CCOC(=O)c1cc(C)sc1N.Cc1cc(C(=O)O)c(-n2nccn2)s1.Cc1cc(C(=O)O)c(Br)s1.O.[Br][Cu][Br].[C-]#[N+]CC(=O)OCC.[Li+].[OH-]. The van der Waals surface area contributed by atoms with Gasteiger partial charge in [-0.1, -0.05) is 6.92 Å². The number of carbonyl (C=O) groups excluding carboxylic acids is 4. The molecule has 1 aliphatic rings. The maximum atomic E-state index is 11.2. The quantitative estimate of drug-likeness (QED) is 0.0211. The molecule has 0 saturated heterocycles. The van der Waals surface area contributed by atoms with Gasteiger partial charge in [-0.2, -0.15) is 10.2 Å². The van der Waals surface area contributed by atoms with Gasteiger partial charge in [0.15, 0.2) is 10.3 Å². The summed E-state index contributed by atoms with van der Waals surface area (Å²) in [7, 11) is 0. The van der Waals surface area contributed by atoms with E-state index in [1.165, 1.54) is 73.9 Å². The van der Waals surface area contributed by atoms with Gasteiger partial charge in [0.1, 0.15) is 23.6 Å². The largest absolute Gasteiger partial charge is 1.00 e. The van der Waals surface area contributed by atoms with E-state index in [-0.39, 0.29) is 53.9 Å². The number of nitrogens with two attached hydrogens (primary N) is 1. The average Bonchev–Trinajstić information content (AvgIpc) is 4.21. The number of aryl methyl sites for hydroxylation is 4. The Morgan fingerprint density at radius 2 is 1.15 bits per heavy atom. The minimum Gasteiger partial charge on any atom is -0.870 e. The zero-order valence-electron chi connectivity index (χ0n) is 44.4. The van der Waals surface area contributed by atoms with Gasteiger partial charge in [-0.25, -0.2) is 30.5 Å². The van der Waals surface area contributed by atoms with E-state index in [4.69, 9.17) is 32.0 Å². The van der Waals surface area contributed by atoms with Gasteiger partial charge in [0.05, 0.1) is 62.0 Å². The van der Waals surface area contributed by atoms with Crippen LogP contribution in [0.2, 0.25) is 0 Å². The monoisotopic (exact) mass is 1470 g/mol. The molecule has 0 amide bonds. The number of esters is 3. The number of carbonyl (C=O) groups is 6. The van der Waals surface area contributed by atoms with Crippen molar-refractivity contribution in [2.24, 2.45) is 15.3 Å². The number of ether oxygens (including phenoxy) is 3. The molecule has 23 nitrogen and oxygen atoms in total. The van der Waals surface area contributed by atoms with E-state index >= 15 is 0 Å². The summed E-state index contributed by atoms with van der Waals surface area (Å²) in [6, 6.07) is 6.84. The van der Waals surface area contributed by atoms with E-state index in [9.17, 15) is 33.7 Å². The smallest absolute Gasteiger partial charge is 0.870 e. The summed E-state index contributed by atoms with van der Waals surface area (Å²) in [4.78, 5) is 92.4. The van der Waals surface area contributed by atoms with E-state index in [1.54, 1.807) is 72.2 Å². The fourth-order valence-electron chi connectivity index (χ4n) is 4.11. The molecule has 33 heteroatoms. The zero-order valence-corrected chi connectivity index (χ0v) is 55.0. The summed E-state index contributed by atoms with van der Waals surface area (Å²) in [5.41, 5.74) is 6.86. The number of carboxylic acid groups (broad SMARTS) is 2. The van der Waals surface area contributed by atoms with Crippen LogP contribution in [0.4, 0.5) is 5.00 Å². The van der Waals surface area contributed by atoms with Crippen molar-refractivity contribution in [2.45, 2.75) is 88.2 Å². The molecule has 6 rings (SSSR count). The summed E-state index contributed by atoms with van der Waals surface area (Å²) in [6.45, 7) is 27.8. The number of halogens is 4. The van der Waals surface area contributed by atoms with E-state index in [1.807, 2.05) is 40.7 Å². The number of aldehydes is 1. The molecule has 435 valence electrons. The molecular formula is C45H61Br4CuLiN8O15S4. The Morgan fingerprint density at radius 1 is 0.769 bits per heavy atom. The second-order valence-corrected chi connectivity index (χ2v) is 26.4. The first-order valence-electron chi connectivity index (χ1n) is 21.2. The van der Waals surface area contributed by atoms with Crippen molar-refractivity contribution in [1.82, 2.24) is 15.0 Å². The summed E-state index contributed by atoms with van der Waals surface area (Å²) in [6.07, 6.45) is 7.93. The molecule has 7 N–H and O–H groups in total. The maximum absolute atomic E-state index is 11.2. The fourth-order valence-corrected chi connectivity index (χ4v) is 9.32. The van der Waals surface area contributed by atoms with Crippen molar-refractivity contribution in [3.8, 4) is 5.00 Å². The van der Waals surface area contributed by atoms with Crippen molar-refractivity contribution < 1.29 is 99.2 Å². The predicted octanol–water partition coefficient (Wildman–Crippen LogP) is 9.00. The second-order valence-electron chi connectivity index (χ2n) is 14.0. The number of carboxylic acids is 2. The van der Waals surface area contributed by atoms with Gasteiger partial charge in [0, 0.05) is 38.4 Å². The Balaban J connectivity index is -0.000000192. The van der Waals surface area contributed by atoms with Crippen LogP contribution in [0.3, 0.4) is 0 Å². The molecular weight excluding hydrogens is 1410 g/mol. The molecule has 1 aliphatic heterocycles. The van der Waals surface area contributed by atoms with Crippen LogP contribution in [0.5, 0.6) is 0 Å². The fraction of sp³-hybridized carbons (Fsp3) is 0.400. The van der Waals surface area contributed by atoms with Crippen molar-refractivity contribution in [3.63, 3.8) is 0 Å². The number of aliphatic imine (C=N–C) groups is 2. The number of anilines is 1. The van der Waals surface area contributed by atoms with Crippen molar-refractivity contribution in [3.05, 3.63) is 102 Å². The number of rotatable bonds is 11. The third kappa shape index (κ3) is 41.9. The number of aromatic carboxylic acids is 2. The van der Waals surface area contributed by atoms with Crippen LogP contribution in [0.15, 0.2) is 59.6 Å². The molecule has 0 aliphatic carbocycles. The van der Waals surface area contributed by atoms with Gasteiger partial charge < -0.3 is 55.6 Å². The van der Waals surface area contributed by atoms with Crippen molar-refractivity contribution in [1.29, 1.82) is 0 Å². The number of aromatic nitrogens is 3. The first-order chi connectivity index (χ1) is 35.3. The Hall–Kier alpha value is -4.05. The maximum Gasteiger partial charge on any atom is 1.00 e. The van der Waals surface area contributed by atoms with Crippen LogP contribution >= 0.6 is 105 Å². The predicted molar refractivity (Wildman–Crippen MR) is 313 cm³/mol. The van der Waals surface area contributed by atoms with Crippen LogP contribution in [-0.4, -0.2) is 123 Å². The average molecular weight is 1470 g/mol. The number of nitrogen functional groups attached to an aromatic ring is 1. The Kier molecular flexibility index (Phi) is 55.9. The first kappa shape index (κ1) is 85.2.